The highest BCUT2D eigenvalue weighted by molar-refractivity contribution is 6.20. The van der Waals surface area contributed by atoms with Crippen molar-refractivity contribution < 1.29 is 14.4 Å². The van der Waals surface area contributed by atoms with Crippen molar-refractivity contribution in [3.8, 4) is 0 Å². The van der Waals surface area contributed by atoms with Crippen LogP contribution in [0.4, 0.5) is 5.69 Å². The molecule has 1 unspecified atom stereocenters. The summed E-state index contributed by atoms with van der Waals surface area (Å²) in [5, 5.41) is 0. The standard InChI is InChI=1S/C16H19NO3/c1-11-4-6-13(7-5-11)17-10-14(19)16(3,15(17)20)9-8-12(2)18/h4-7H,8-10H2,1-3H3. The van der Waals surface area contributed by atoms with E-state index in [0.29, 0.717) is 6.42 Å². The quantitative estimate of drug-likeness (QED) is 0.791. The van der Waals surface area contributed by atoms with Crippen LogP contribution in [0.25, 0.3) is 0 Å². The molecule has 1 heterocycles. The summed E-state index contributed by atoms with van der Waals surface area (Å²) in [5.74, 6) is -0.308. The van der Waals surface area contributed by atoms with E-state index in [1.165, 1.54) is 11.8 Å². The maximum Gasteiger partial charge on any atom is 0.240 e. The van der Waals surface area contributed by atoms with Crippen molar-refractivity contribution in [3.05, 3.63) is 29.8 Å². The fraction of sp³-hybridized carbons (Fsp3) is 0.438. The first-order valence-electron chi connectivity index (χ1n) is 6.76. The van der Waals surface area contributed by atoms with Gasteiger partial charge in [0.2, 0.25) is 5.91 Å². The number of rotatable bonds is 4. The monoisotopic (exact) mass is 273 g/mol. The van der Waals surface area contributed by atoms with Gasteiger partial charge >= 0.3 is 0 Å². The van der Waals surface area contributed by atoms with E-state index in [9.17, 15) is 14.4 Å². The van der Waals surface area contributed by atoms with Crippen LogP contribution in [0.3, 0.4) is 0 Å². The molecule has 106 valence electrons. The average Bonchev–Trinajstić information content (AvgIpc) is 2.63. The molecule has 1 aromatic carbocycles. The van der Waals surface area contributed by atoms with Crippen LogP contribution in [0.1, 0.15) is 32.3 Å². The van der Waals surface area contributed by atoms with Gasteiger partial charge in [0.15, 0.2) is 5.78 Å². The maximum absolute atomic E-state index is 12.5. The summed E-state index contributed by atoms with van der Waals surface area (Å²) in [7, 11) is 0. The van der Waals surface area contributed by atoms with Crippen molar-refractivity contribution in [2.24, 2.45) is 5.41 Å². The molecule has 20 heavy (non-hydrogen) atoms. The Bertz CT molecular complexity index is 562. The Labute approximate surface area is 118 Å². The molecule has 1 amide bonds. The second-order valence-corrected chi connectivity index (χ2v) is 5.68. The van der Waals surface area contributed by atoms with Crippen molar-refractivity contribution in [2.45, 2.75) is 33.6 Å². The van der Waals surface area contributed by atoms with E-state index < -0.39 is 5.41 Å². The highest BCUT2D eigenvalue weighted by Crippen LogP contribution is 2.35. The van der Waals surface area contributed by atoms with Gasteiger partial charge in [0.05, 0.1) is 6.54 Å². The third-order valence-corrected chi connectivity index (χ3v) is 3.96. The molecule has 1 atom stereocenters. The van der Waals surface area contributed by atoms with Gasteiger partial charge < -0.3 is 9.69 Å². The zero-order chi connectivity index (χ0) is 14.9. The molecule has 0 aliphatic carbocycles. The summed E-state index contributed by atoms with van der Waals surface area (Å²) in [6.45, 7) is 5.19. The smallest absolute Gasteiger partial charge is 0.240 e. The molecule has 1 aliphatic rings. The van der Waals surface area contributed by atoms with Crippen LogP contribution < -0.4 is 4.90 Å². The number of Topliss-reactive ketones (excluding diaryl/α,β-unsaturated/α-hetero) is 2. The summed E-state index contributed by atoms with van der Waals surface area (Å²) in [6, 6.07) is 7.52. The Morgan fingerprint density at radius 2 is 1.85 bits per heavy atom. The molecule has 1 saturated heterocycles. The van der Waals surface area contributed by atoms with Gasteiger partial charge in [-0.1, -0.05) is 17.7 Å². The van der Waals surface area contributed by atoms with Crippen molar-refractivity contribution in [3.63, 3.8) is 0 Å². The average molecular weight is 273 g/mol. The fourth-order valence-corrected chi connectivity index (χ4v) is 2.41. The maximum atomic E-state index is 12.5. The van der Waals surface area contributed by atoms with Gasteiger partial charge in [-0.3, -0.25) is 9.59 Å². The van der Waals surface area contributed by atoms with Crippen LogP contribution >= 0.6 is 0 Å². The molecule has 0 saturated carbocycles. The minimum atomic E-state index is -1.06. The van der Waals surface area contributed by atoms with E-state index >= 15 is 0 Å². The SMILES string of the molecule is CC(=O)CCC1(C)C(=O)CN(c2ccc(C)cc2)C1=O. The molecule has 0 radical (unpaired) electrons. The number of anilines is 1. The van der Waals surface area contributed by atoms with Gasteiger partial charge in [-0.15, -0.1) is 0 Å². The number of aryl methyl sites for hydroxylation is 1. The second kappa shape index (κ2) is 5.19. The first-order valence-corrected chi connectivity index (χ1v) is 6.76. The molecule has 2 rings (SSSR count). The largest absolute Gasteiger partial charge is 0.304 e. The number of carbonyl (C=O) groups is 3. The Morgan fingerprint density at radius 1 is 1.25 bits per heavy atom. The third kappa shape index (κ3) is 2.50. The van der Waals surface area contributed by atoms with Gasteiger partial charge in [-0.05, 0) is 39.3 Å². The number of amides is 1. The highest BCUT2D eigenvalue weighted by atomic mass is 16.2. The van der Waals surface area contributed by atoms with Crippen molar-refractivity contribution in [1.29, 1.82) is 0 Å². The fourth-order valence-electron chi connectivity index (χ4n) is 2.41. The first kappa shape index (κ1) is 14.4. The normalized spacial score (nSPS) is 22.4. The lowest BCUT2D eigenvalue weighted by Gasteiger charge is -2.21. The van der Waals surface area contributed by atoms with Gasteiger partial charge in [0.25, 0.3) is 0 Å². The van der Waals surface area contributed by atoms with E-state index in [4.69, 9.17) is 0 Å². The van der Waals surface area contributed by atoms with Crippen LogP contribution in [-0.4, -0.2) is 24.0 Å². The first-order chi connectivity index (χ1) is 9.34. The van der Waals surface area contributed by atoms with E-state index in [1.807, 2.05) is 31.2 Å². The van der Waals surface area contributed by atoms with Crippen LogP contribution in [-0.2, 0) is 14.4 Å². The predicted octanol–water partition coefficient (Wildman–Crippen LogP) is 2.29. The second-order valence-electron chi connectivity index (χ2n) is 5.68. The number of ketones is 2. The molecular weight excluding hydrogens is 254 g/mol. The van der Waals surface area contributed by atoms with Crippen LogP contribution in [0.15, 0.2) is 24.3 Å². The molecule has 0 aromatic heterocycles. The van der Waals surface area contributed by atoms with E-state index in [2.05, 4.69) is 0 Å². The number of nitrogens with zero attached hydrogens (tertiary/aromatic N) is 1. The summed E-state index contributed by atoms with van der Waals surface area (Å²) in [5.41, 5.74) is 0.780. The van der Waals surface area contributed by atoms with E-state index in [-0.39, 0.29) is 30.4 Å². The summed E-state index contributed by atoms with van der Waals surface area (Å²) >= 11 is 0. The Balaban J connectivity index is 2.24. The molecule has 1 aliphatic heterocycles. The lowest BCUT2D eigenvalue weighted by Crippen LogP contribution is -2.34. The zero-order valence-corrected chi connectivity index (χ0v) is 12.1. The molecule has 4 nitrogen and oxygen atoms in total. The number of hydrogen-bond donors (Lipinski definition) is 0. The predicted molar refractivity (Wildman–Crippen MR) is 76.6 cm³/mol. The van der Waals surface area contributed by atoms with Gasteiger partial charge in [0.1, 0.15) is 11.2 Å². The molecule has 4 heteroatoms. The molecule has 0 bridgehead atoms. The number of hydrogen-bond acceptors (Lipinski definition) is 3. The molecule has 1 fully saturated rings. The number of benzene rings is 1. The third-order valence-electron chi connectivity index (χ3n) is 3.96. The minimum absolute atomic E-state index is 0.000566. The van der Waals surface area contributed by atoms with Crippen LogP contribution in [0.2, 0.25) is 0 Å². The van der Waals surface area contributed by atoms with Crippen LogP contribution in [0.5, 0.6) is 0 Å². The van der Waals surface area contributed by atoms with Crippen LogP contribution in [0, 0.1) is 12.3 Å². The molecule has 0 spiro atoms. The Kier molecular flexibility index (Phi) is 3.75. The highest BCUT2D eigenvalue weighted by Gasteiger charge is 2.50. The van der Waals surface area contributed by atoms with E-state index in [0.717, 1.165) is 11.3 Å². The lowest BCUT2D eigenvalue weighted by molar-refractivity contribution is -0.134. The number of carbonyl (C=O) groups excluding carboxylic acids is 3. The Hall–Kier alpha value is -1.97. The molecule has 0 N–H and O–H groups in total. The molecule has 1 aromatic rings. The molecular formula is C16H19NO3. The minimum Gasteiger partial charge on any atom is -0.304 e. The van der Waals surface area contributed by atoms with Gasteiger partial charge in [-0.2, -0.15) is 0 Å². The topological polar surface area (TPSA) is 54.5 Å². The van der Waals surface area contributed by atoms with Gasteiger partial charge in [-0.25, -0.2) is 0 Å². The van der Waals surface area contributed by atoms with Crippen molar-refractivity contribution >= 4 is 23.2 Å². The zero-order valence-electron chi connectivity index (χ0n) is 12.1. The van der Waals surface area contributed by atoms with E-state index in [1.54, 1.807) is 6.92 Å². The van der Waals surface area contributed by atoms with Crippen molar-refractivity contribution in [2.75, 3.05) is 11.4 Å². The van der Waals surface area contributed by atoms with Crippen molar-refractivity contribution in [1.82, 2.24) is 0 Å². The summed E-state index contributed by atoms with van der Waals surface area (Å²) in [6.07, 6.45) is 0.554. The summed E-state index contributed by atoms with van der Waals surface area (Å²) in [4.78, 5) is 37.3. The lowest BCUT2D eigenvalue weighted by atomic mass is 9.82. The Morgan fingerprint density at radius 3 is 2.40 bits per heavy atom. The van der Waals surface area contributed by atoms with Gasteiger partial charge in [0, 0.05) is 12.1 Å². The summed E-state index contributed by atoms with van der Waals surface area (Å²) < 4.78 is 0.